The van der Waals surface area contributed by atoms with Gasteiger partial charge in [0.25, 0.3) is 6.01 Å². The van der Waals surface area contributed by atoms with Crippen molar-refractivity contribution in [3.63, 3.8) is 0 Å². The Hall–Kier alpha value is -2.56. The minimum atomic E-state index is -0.433. The second kappa shape index (κ2) is 4.03. The lowest BCUT2D eigenvalue weighted by molar-refractivity contribution is 0.417. The number of H-pyrrole nitrogens is 1. The Balaban J connectivity index is 1.98. The molecule has 0 aliphatic carbocycles. The van der Waals surface area contributed by atoms with Crippen LogP contribution in [0.25, 0.3) is 11.0 Å². The predicted molar refractivity (Wildman–Crippen MR) is 67.0 cm³/mol. The van der Waals surface area contributed by atoms with Crippen molar-refractivity contribution >= 4 is 16.7 Å². The van der Waals surface area contributed by atoms with Gasteiger partial charge in [0.1, 0.15) is 0 Å². The number of rotatable bonds is 2. The summed E-state index contributed by atoms with van der Waals surface area (Å²) < 4.78 is 18.8. The normalized spacial score (nSPS) is 10.7. The highest BCUT2D eigenvalue weighted by Gasteiger charge is 2.07. The highest BCUT2D eigenvalue weighted by Crippen LogP contribution is 2.24. The number of hydrogen-bond acceptors (Lipinski definition) is 3. The van der Waals surface area contributed by atoms with E-state index in [1.54, 1.807) is 30.3 Å². The molecule has 0 saturated heterocycles. The van der Waals surface area contributed by atoms with Crippen molar-refractivity contribution in [3.05, 3.63) is 48.3 Å². The number of nitrogens with one attached hydrogen (secondary N) is 1. The van der Waals surface area contributed by atoms with Gasteiger partial charge in [-0.1, -0.05) is 12.1 Å². The summed E-state index contributed by atoms with van der Waals surface area (Å²) in [5.41, 5.74) is 7.76. The van der Waals surface area contributed by atoms with Crippen LogP contribution in [-0.4, -0.2) is 9.97 Å². The zero-order valence-corrected chi connectivity index (χ0v) is 9.35. The number of aromatic nitrogens is 2. The van der Waals surface area contributed by atoms with Crippen LogP contribution in [0.3, 0.4) is 0 Å². The number of anilines is 1. The molecule has 0 atom stereocenters. The minimum Gasteiger partial charge on any atom is -0.422 e. The Morgan fingerprint density at radius 3 is 2.83 bits per heavy atom. The van der Waals surface area contributed by atoms with Crippen LogP contribution in [0, 0.1) is 5.82 Å². The molecule has 0 unspecified atom stereocenters. The third kappa shape index (κ3) is 1.86. The van der Waals surface area contributed by atoms with Gasteiger partial charge in [-0.2, -0.15) is 4.98 Å². The molecule has 4 nitrogen and oxygen atoms in total. The number of nitrogens with zero attached hydrogens (tertiary/aromatic N) is 1. The fourth-order valence-corrected chi connectivity index (χ4v) is 1.68. The fraction of sp³-hybridized carbons (Fsp3) is 0. The summed E-state index contributed by atoms with van der Waals surface area (Å²) >= 11 is 0. The smallest absolute Gasteiger partial charge is 0.300 e. The first-order valence-electron chi connectivity index (χ1n) is 5.40. The molecule has 1 aromatic heterocycles. The summed E-state index contributed by atoms with van der Waals surface area (Å²) in [4.78, 5) is 7.12. The van der Waals surface area contributed by atoms with Crippen LogP contribution >= 0.6 is 0 Å². The van der Waals surface area contributed by atoms with E-state index in [1.807, 2.05) is 0 Å². The van der Waals surface area contributed by atoms with Gasteiger partial charge in [0.15, 0.2) is 11.6 Å². The molecule has 3 aromatic rings. The van der Waals surface area contributed by atoms with Gasteiger partial charge in [-0.15, -0.1) is 0 Å². The Bertz CT molecular complexity index is 708. The molecule has 0 aliphatic heterocycles. The second-order valence-corrected chi connectivity index (χ2v) is 3.85. The van der Waals surface area contributed by atoms with E-state index in [-0.39, 0.29) is 11.8 Å². The molecule has 0 saturated carbocycles. The van der Waals surface area contributed by atoms with E-state index >= 15 is 0 Å². The van der Waals surface area contributed by atoms with E-state index in [2.05, 4.69) is 9.97 Å². The first-order chi connectivity index (χ1) is 8.72. The van der Waals surface area contributed by atoms with Crippen molar-refractivity contribution in [1.29, 1.82) is 0 Å². The third-order valence-electron chi connectivity index (χ3n) is 2.53. The van der Waals surface area contributed by atoms with Crippen molar-refractivity contribution in [2.75, 3.05) is 5.73 Å². The number of ether oxygens (including phenoxy) is 1. The van der Waals surface area contributed by atoms with E-state index in [0.29, 0.717) is 5.69 Å². The summed E-state index contributed by atoms with van der Waals surface area (Å²) in [6, 6.07) is 11.7. The number of halogens is 1. The van der Waals surface area contributed by atoms with Crippen LogP contribution in [-0.2, 0) is 0 Å². The molecule has 0 radical (unpaired) electrons. The van der Waals surface area contributed by atoms with Gasteiger partial charge in [-0.3, -0.25) is 0 Å². The first-order valence-corrected chi connectivity index (χ1v) is 5.40. The maximum Gasteiger partial charge on any atom is 0.300 e. The number of hydrogen-bond donors (Lipinski definition) is 2. The molecule has 90 valence electrons. The summed E-state index contributed by atoms with van der Waals surface area (Å²) in [7, 11) is 0. The first kappa shape index (κ1) is 10.6. The maximum absolute atomic E-state index is 13.4. The van der Waals surface area contributed by atoms with Crippen LogP contribution in [0.5, 0.6) is 11.8 Å². The summed E-state index contributed by atoms with van der Waals surface area (Å²) in [5, 5.41) is 0. The van der Waals surface area contributed by atoms with Crippen molar-refractivity contribution in [2.24, 2.45) is 0 Å². The third-order valence-corrected chi connectivity index (χ3v) is 2.53. The largest absolute Gasteiger partial charge is 0.422 e. The minimum absolute atomic E-state index is 0.129. The molecule has 18 heavy (non-hydrogen) atoms. The number of aromatic amines is 1. The van der Waals surface area contributed by atoms with E-state index in [9.17, 15) is 4.39 Å². The Morgan fingerprint density at radius 1 is 1.17 bits per heavy atom. The van der Waals surface area contributed by atoms with Crippen LogP contribution in [0.2, 0.25) is 0 Å². The van der Waals surface area contributed by atoms with Gasteiger partial charge < -0.3 is 15.5 Å². The number of imidazole rings is 1. The van der Waals surface area contributed by atoms with Crippen molar-refractivity contribution in [2.45, 2.75) is 0 Å². The lowest BCUT2D eigenvalue weighted by Gasteiger charge is -2.01. The number of fused-ring (bicyclic) bond motifs is 1. The van der Waals surface area contributed by atoms with E-state index < -0.39 is 5.82 Å². The maximum atomic E-state index is 13.4. The highest BCUT2D eigenvalue weighted by molar-refractivity contribution is 5.79. The molecule has 1 heterocycles. The quantitative estimate of drug-likeness (QED) is 0.680. The van der Waals surface area contributed by atoms with E-state index in [1.165, 1.54) is 12.1 Å². The molecule has 2 aromatic carbocycles. The van der Waals surface area contributed by atoms with Gasteiger partial charge in [0.05, 0.1) is 11.0 Å². The van der Waals surface area contributed by atoms with Crippen LogP contribution in [0.4, 0.5) is 10.1 Å². The van der Waals surface area contributed by atoms with Gasteiger partial charge in [0, 0.05) is 5.69 Å². The fourth-order valence-electron chi connectivity index (χ4n) is 1.68. The van der Waals surface area contributed by atoms with Crippen molar-refractivity contribution in [3.8, 4) is 11.8 Å². The number of nitrogens with two attached hydrogens (primary N) is 1. The van der Waals surface area contributed by atoms with E-state index in [0.717, 1.165) is 11.0 Å². The number of nitrogen functional groups attached to an aromatic ring is 1. The molecule has 0 spiro atoms. The molecule has 0 amide bonds. The number of para-hydroxylation sites is 1. The number of benzene rings is 2. The zero-order valence-electron chi connectivity index (χ0n) is 9.35. The molecular weight excluding hydrogens is 233 g/mol. The zero-order chi connectivity index (χ0) is 12.5. The second-order valence-electron chi connectivity index (χ2n) is 3.85. The summed E-state index contributed by atoms with van der Waals surface area (Å²) in [6.07, 6.45) is 0. The van der Waals surface area contributed by atoms with Gasteiger partial charge >= 0.3 is 0 Å². The standard InChI is InChI=1S/C13H10FN3O/c14-9-3-1-2-4-12(9)18-13-16-10-6-5-8(15)7-11(10)17-13/h1-7H,15H2,(H,16,17). The van der Waals surface area contributed by atoms with Crippen molar-refractivity contribution in [1.82, 2.24) is 9.97 Å². The average Bonchev–Trinajstić information content (AvgIpc) is 2.73. The SMILES string of the molecule is Nc1ccc2nc(Oc3ccccc3F)[nH]c2c1. The van der Waals surface area contributed by atoms with Gasteiger partial charge in [-0.05, 0) is 30.3 Å². The van der Waals surface area contributed by atoms with Crippen molar-refractivity contribution < 1.29 is 9.13 Å². The molecule has 3 rings (SSSR count). The molecule has 0 aliphatic rings. The van der Waals surface area contributed by atoms with Crippen LogP contribution in [0.15, 0.2) is 42.5 Å². The van der Waals surface area contributed by atoms with E-state index in [4.69, 9.17) is 10.5 Å². The van der Waals surface area contributed by atoms with Crippen LogP contribution in [0.1, 0.15) is 0 Å². The molecule has 3 N–H and O–H groups in total. The summed E-state index contributed by atoms with van der Waals surface area (Å²) in [6.45, 7) is 0. The Morgan fingerprint density at radius 2 is 2.00 bits per heavy atom. The monoisotopic (exact) mass is 243 g/mol. The summed E-state index contributed by atoms with van der Waals surface area (Å²) in [5.74, 6) is -0.304. The molecule has 5 heteroatoms. The van der Waals surface area contributed by atoms with Gasteiger partial charge in [0.2, 0.25) is 0 Å². The topological polar surface area (TPSA) is 63.9 Å². The average molecular weight is 243 g/mol. The lowest BCUT2D eigenvalue weighted by Crippen LogP contribution is -1.88. The molecular formula is C13H10FN3O. The highest BCUT2D eigenvalue weighted by atomic mass is 19.1. The predicted octanol–water partition coefficient (Wildman–Crippen LogP) is 3.08. The lowest BCUT2D eigenvalue weighted by atomic mass is 10.3. The van der Waals surface area contributed by atoms with Gasteiger partial charge in [-0.25, -0.2) is 4.39 Å². The molecule has 0 bridgehead atoms. The Labute approximate surface area is 102 Å². The Kier molecular flexibility index (Phi) is 2.37. The molecule has 0 fully saturated rings. The van der Waals surface area contributed by atoms with Crippen LogP contribution < -0.4 is 10.5 Å².